The molecule has 1 N–H and O–H groups in total. The molecule has 1 fully saturated rings. The molecular weight excluding hydrogens is 260 g/mol. The van der Waals surface area contributed by atoms with Crippen LogP contribution in [0.2, 0.25) is 0 Å². The summed E-state index contributed by atoms with van der Waals surface area (Å²) in [6, 6.07) is 8.03. The van der Waals surface area contributed by atoms with Gasteiger partial charge in [-0.1, -0.05) is 41.6 Å². The molecule has 0 aromatic heterocycles. The van der Waals surface area contributed by atoms with E-state index < -0.39 is 0 Å². The number of aryl methyl sites for hydroxylation is 1. The van der Waals surface area contributed by atoms with Crippen LogP contribution in [0.15, 0.2) is 24.3 Å². The molecule has 0 aliphatic carbocycles. The number of amides is 2. The fraction of sp³-hybridized carbons (Fsp3) is 0.429. The SMILES string of the molecule is Cc1ccc(C(C)NC(=O)CN2CCSC2=O)cc1. The van der Waals surface area contributed by atoms with Crippen LogP contribution in [0.5, 0.6) is 0 Å². The topological polar surface area (TPSA) is 49.4 Å². The summed E-state index contributed by atoms with van der Waals surface area (Å²) in [5.41, 5.74) is 2.27. The lowest BCUT2D eigenvalue weighted by Gasteiger charge is -2.18. The molecule has 0 radical (unpaired) electrons. The minimum absolute atomic E-state index is 0.00172. The van der Waals surface area contributed by atoms with Crippen LogP contribution in [0.3, 0.4) is 0 Å². The van der Waals surface area contributed by atoms with Gasteiger partial charge in [0.25, 0.3) is 5.24 Å². The molecule has 19 heavy (non-hydrogen) atoms. The van der Waals surface area contributed by atoms with Gasteiger partial charge in [-0.3, -0.25) is 9.59 Å². The minimum atomic E-state index is -0.107. The Bertz CT molecular complexity index is 473. The molecule has 1 unspecified atom stereocenters. The zero-order chi connectivity index (χ0) is 13.8. The van der Waals surface area contributed by atoms with Crippen molar-refractivity contribution in [3.63, 3.8) is 0 Å². The van der Waals surface area contributed by atoms with Gasteiger partial charge in [0.1, 0.15) is 6.54 Å². The first-order valence-electron chi connectivity index (χ1n) is 6.34. The molecule has 1 atom stereocenters. The van der Waals surface area contributed by atoms with Crippen LogP contribution in [0.25, 0.3) is 0 Å². The molecule has 0 saturated carbocycles. The number of carbonyl (C=O) groups excluding carboxylic acids is 2. The summed E-state index contributed by atoms with van der Waals surface area (Å²) >= 11 is 1.27. The largest absolute Gasteiger partial charge is 0.348 e. The van der Waals surface area contributed by atoms with Gasteiger partial charge in [0.15, 0.2) is 0 Å². The number of carbonyl (C=O) groups is 2. The van der Waals surface area contributed by atoms with Gasteiger partial charge < -0.3 is 10.2 Å². The van der Waals surface area contributed by atoms with Crippen molar-refractivity contribution >= 4 is 22.9 Å². The second kappa shape index (κ2) is 6.10. The van der Waals surface area contributed by atoms with Crippen LogP contribution in [0.4, 0.5) is 4.79 Å². The van der Waals surface area contributed by atoms with E-state index in [1.54, 1.807) is 4.90 Å². The van der Waals surface area contributed by atoms with Crippen molar-refractivity contribution < 1.29 is 9.59 Å². The monoisotopic (exact) mass is 278 g/mol. The van der Waals surface area contributed by atoms with Crippen molar-refractivity contribution in [2.24, 2.45) is 0 Å². The average molecular weight is 278 g/mol. The van der Waals surface area contributed by atoms with E-state index >= 15 is 0 Å². The van der Waals surface area contributed by atoms with Crippen LogP contribution in [-0.2, 0) is 4.79 Å². The lowest BCUT2D eigenvalue weighted by molar-refractivity contribution is -0.122. The Morgan fingerprint density at radius 2 is 2.11 bits per heavy atom. The maximum absolute atomic E-state index is 11.9. The van der Waals surface area contributed by atoms with Gasteiger partial charge in [0, 0.05) is 12.3 Å². The van der Waals surface area contributed by atoms with Crippen LogP contribution in [-0.4, -0.2) is 34.9 Å². The minimum Gasteiger partial charge on any atom is -0.348 e. The van der Waals surface area contributed by atoms with Crippen LogP contribution in [0.1, 0.15) is 24.1 Å². The first kappa shape index (κ1) is 13.9. The Balaban J connectivity index is 1.87. The molecule has 1 aromatic rings. The number of hydrogen-bond donors (Lipinski definition) is 1. The van der Waals surface area contributed by atoms with Gasteiger partial charge >= 0.3 is 0 Å². The van der Waals surface area contributed by atoms with Crippen molar-refractivity contribution in [1.82, 2.24) is 10.2 Å². The van der Waals surface area contributed by atoms with Gasteiger partial charge in [0.2, 0.25) is 5.91 Å². The number of nitrogens with zero attached hydrogens (tertiary/aromatic N) is 1. The molecule has 0 bridgehead atoms. The summed E-state index contributed by atoms with van der Waals surface area (Å²) in [5, 5.41) is 2.92. The number of benzene rings is 1. The molecule has 2 rings (SSSR count). The van der Waals surface area contributed by atoms with Crippen molar-refractivity contribution in [3.05, 3.63) is 35.4 Å². The van der Waals surface area contributed by atoms with Gasteiger partial charge in [-0.15, -0.1) is 0 Å². The fourth-order valence-corrected chi connectivity index (χ4v) is 2.79. The third kappa shape index (κ3) is 3.73. The number of nitrogens with one attached hydrogen (secondary N) is 1. The summed E-state index contributed by atoms with van der Waals surface area (Å²) < 4.78 is 0. The predicted octanol–water partition coefficient (Wildman–Crippen LogP) is 2.34. The van der Waals surface area contributed by atoms with Crippen molar-refractivity contribution in [1.29, 1.82) is 0 Å². The lowest BCUT2D eigenvalue weighted by Crippen LogP contribution is -2.38. The quantitative estimate of drug-likeness (QED) is 0.919. The van der Waals surface area contributed by atoms with E-state index in [0.717, 1.165) is 11.3 Å². The lowest BCUT2D eigenvalue weighted by atomic mass is 10.1. The first-order valence-corrected chi connectivity index (χ1v) is 7.32. The zero-order valence-electron chi connectivity index (χ0n) is 11.2. The summed E-state index contributed by atoms with van der Waals surface area (Å²) in [6.45, 7) is 4.80. The third-order valence-electron chi connectivity index (χ3n) is 3.13. The fourth-order valence-electron chi connectivity index (χ4n) is 1.97. The van der Waals surface area contributed by atoms with Gasteiger partial charge in [-0.25, -0.2) is 0 Å². The van der Waals surface area contributed by atoms with Crippen LogP contribution in [0, 0.1) is 6.92 Å². The van der Waals surface area contributed by atoms with Crippen LogP contribution >= 0.6 is 11.8 Å². The smallest absolute Gasteiger partial charge is 0.282 e. The van der Waals surface area contributed by atoms with E-state index in [0.29, 0.717) is 6.54 Å². The molecule has 1 aliphatic heterocycles. The Hall–Kier alpha value is -1.49. The molecular formula is C14H18N2O2S. The van der Waals surface area contributed by atoms with E-state index in [2.05, 4.69) is 5.32 Å². The predicted molar refractivity (Wildman–Crippen MR) is 77.2 cm³/mol. The highest BCUT2D eigenvalue weighted by Crippen LogP contribution is 2.17. The van der Waals surface area contributed by atoms with Crippen molar-refractivity contribution in [3.8, 4) is 0 Å². The molecule has 1 aromatic carbocycles. The molecule has 0 spiro atoms. The Labute approximate surface area is 117 Å². The van der Waals surface area contributed by atoms with E-state index in [1.165, 1.54) is 17.3 Å². The van der Waals surface area contributed by atoms with E-state index in [9.17, 15) is 9.59 Å². The van der Waals surface area contributed by atoms with E-state index in [4.69, 9.17) is 0 Å². The molecule has 1 saturated heterocycles. The molecule has 1 aliphatic rings. The number of rotatable bonds is 4. The van der Waals surface area contributed by atoms with Crippen molar-refractivity contribution in [2.45, 2.75) is 19.9 Å². The summed E-state index contributed by atoms with van der Waals surface area (Å²) in [7, 11) is 0. The average Bonchev–Trinajstić information content (AvgIpc) is 2.75. The molecule has 2 amide bonds. The maximum atomic E-state index is 11.9. The second-order valence-electron chi connectivity index (χ2n) is 4.74. The van der Waals surface area contributed by atoms with Gasteiger partial charge in [-0.2, -0.15) is 0 Å². The maximum Gasteiger partial charge on any atom is 0.282 e. The van der Waals surface area contributed by atoms with Gasteiger partial charge in [-0.05, 0) is 19.4 Å². The highest BCUT2D eigenvalue weighted by atomic mass is 32.2. The molecule has 4 nitrogen and oxygen atoms in total. The zero-order valence-corrected chi connectivity index (χ0v) is 12.0. The summed E-state index contributed by atoms with van der Waals surface area (Å²) in [6.07, 6.45) is 0. The van der Waals surface area contributed by atoms with E-state index in [-0.39, 0.29) is 23.7 Å². The first-order chi connectivity index (χ1) is 9.06. The third-order valence-corrected chi connectivity index (χ3v) is 4.03. The molecule has 102 valence electrons. The Morgan fingerprint density at radius 3 is 2.68 bits per heavy atom. The molecule has 5 heteroatoms. The second-order valence-corrected chi connectivity index (χ2v) is 5.78. The Kier molecular flexibility index (Phi) is 4.47. The number of hydrogen-bond acceptors (Lipinski definition) is 3. The number of thioether (sulfide) groups is 1. The van der Waals surface area contributed by atoms with Crippen molar-refractivity contribution in [2.75, 3.05) is 18.8 Å². The van der Waals surface area contributed by atoms with Crippen LogP contribution < -0.4 is 5.32 Å². The highest BCUT2D eigenvalue weighted by molar-refractivity contribution is 8.13. The van der Waals surface area contributed by atoms with E-state index in [1.807, 2.05) is 38.1 Å². The summed E-state index contributed by atoms with van der Waals surface area (Å²) in [5.74, 6) is 0.670. The molecule has 1 heterocycles. The Morgan fingerprint density at radius 1 is 1.42 bits per heavy atom. The highest BCUT2D eigenvalue weighted by Gasteiger charge is 2.23. The normalized spacial score (nSPS) is 16.5. The summed E-state index contributed by atoms with van der Waals surface area (Å²) in [4.78, 5) is 24.9. The van der Waals surface area contributed by atoms with Gasteiger partial charge in [0.05, 0.1) is 6.04 Å². The standard InChI is InChI=1S/C14H18N2O2S/c1-10-3-5-12(6-4-10)11(2)15-13(17)9-16-7-8-19-14(16)18/h3-6,11H,7-9H2,1-2H3,(H,15,17).